The molecule has 0 spiro atoms. The van der Waals surface area contributed by atoms with Gasteiger partial charge in [0.2, 0.25) is 11.8 Å². The van der Waals surface area contributed by atoms with Crippen LogP contribution in [0.25, 0.3) is 11.1 Å². The number of anilines is 1. The van der Waals surface area contributed by atoms with Crippen molar-refractivity contribution in [1.29, 1.82) is 0 Å². The lowest BCUT2D eigenvalue weighted by Gasteiger charge is -2.31. The summed E-state index contributed by atoms with van der Waals surface area (Å²) in [7, 11) is 1.58. The summed E-state index contributed by atoms with van der Waals surface area (Å²) in [5, 5.41) is 0. The lowest BCUT2D eigenvalue weighted by molar-refractivity contribution is -0.125. The standard InChI is InChI=1S/C23H29N5O3/c1-31-21-12-17(6-9-25-21)18-11-20(23(30)26-13-18)28(14-16-4-5-16)19-7-10-27(15-19)22(29)3-2-8-24/h2-3,6,9,11-13,16,19H,4-5,7-8,10,14-15,24H2,1H3,(H,26,30)/b3-2+. The third-order valence-electron chi connectivity index (χ3n) is 5.93. The number of H-pyrrole nitrogens is 1. The molecule has 1 aliphatic heterocycles. The number of rotatable bonds is 8. The third-order valence-corrected chi connectivity index (χ3v) is 5.93. The Bertz CT molecular complexity index is 1010. The molecule has 0 aromatic carbocycles. The van der Waals surface area contributed by atoms with Crippen LogP contribution in [0.2, 0.25) is 0 Å². The Morgan fingerprint density at radius 3 is 2.94 bits per heavy atom. The van der Waals surface area contributed by atoms with Crippen molar-refractivity contribution in [2.75, 3.05) is 38.2 Å². The van der Waals surface area contributed by atoms with E-state index in [1.807, 2.05) is 23.1 Å². The predicted molar refractivity (Wildman–Crippen MR) is 120 cm³/mol. The zero-order valence-corrected chi connectivity index (χ0v) is 17.8. The molecule has 0 radical (unpaired) electrons. The fourth-order valence-corrected chi connectivity index (χ4v) is 4.05. The van der Waals surface area contributed by atoms with Crippen LogP contribution in [0, 0.1) is 5.92 Å². The average molecular weight is 424 g/mol. The van der Waals surface area contributed by atoms with Crippen LogP contribution in [0.15, 0.2) is 47.5 Å². The second kappa shape index (κ2) is 9.34. The number of hydrogen-bond donors (Lipinski definition) is 2. The van der Waals surface area contributed by atoms with Gasteiger partial charge in [-0.05, 0) is 42.9 Å². The number of aromatic amines is 1. The average Bonchev–Trinajstić information content (AvgIpc) is 3.49. The Labute approximate surface area is 181 Å². The first-order valence-corrected chi connectivity index (χ1v) is 10.7. The molecular weight excluding hydrogens is 394 g/mol. The molecule has 1 amide bonds. The van der Waals surface area contributed by atoms with Gasteiger partial charge in [-0.3, -0.25) is 9.59 Å². The first kappa shape index (κ1) is 21.1. The Hall–Kier alpha value is -3.13. The van der Waals surface area contributed by atoms with E-state index in [0.717, 1.165) is 24.1 Å². The second-order valence-electron chi connectivity index (χ2n) is 8.15. The monoisotopic (exact) mass is 423 g/mol. The number of hydrogen-bond acceptors (Lipinski definition) is 6. The molecule has 3 N–H and O–H groups in total. The van der Waals surface area contributed by atoms with E-state index in [4.69, 9.17) is 10.5 Å². The van der Waals surface area contributed by atoms with Gasteiger partial charge in [-0.15, -0.1) is 0 Å². The molecule has 2 fully saturated rings. The van der Waals surface area contributed by atoms with Crippen molar-refractivity contribution in [2.45, 2.75) is 25.3 Å². The van der Waals surface area contributed by atoms with Gasteiger partial charge in [-0.25, -0.2) is 4.98 Å². The maximum absolute atomic E-state index is 12.8. The van der Waals surface area contributed by atoms with E-state index in [1.165, 1.54) is 18.9 Å². The maximum Gasteiger partial charge on any atom is 0.271 e. The molecule has 2 aromatic heterocycles. The van der Waals surface area contributed by atoms with E-state index < -0.39 is 0 Å². The molecule has 0 bridgehead atoms. The number of carbonyl (C=O) groups is 1. The van der Waals surface area contributed by atoms with E-state index >= 15 is 0 Å². The second-order valence-corrected chi connectivity index (χ2v) is 8.15. The molecule has 164 valence electrons. The number of nitrogens with one attached hydrogen (secondary N) is 1. The number of aromatic nitrogens is 2. The van der Waals surface area contributed by atoms with Crippen LogP contribution in [-0.2, 0) is 4.79 Å². The molecule has 8 nitrogen and oxygen atoms in total. The predicted octanol–water partition coefficient (Wildman–Crippen LogP) is 1.78. The number of carbonyl (C=O) groups excluding carboxylic acids is 1. The molecule has 2 aromatic rings. The number of ether oxygens (including phenoxy) is 1. The van der Waals surface area contributed by atoms with Gasteiger partial charge >= 0.3 is 0 Å². The van der Waals surface area contributed by atoms with Gasteiger partial charge in [0, 0.05) is 62.3 Å². The van der Waals surface area contributed by atoms with Crippen molar-refractivity contribution in [3.8, 4) is 17.0 Å². The van der Waals surface area contributed by atoms with Crippen LogP contribution < -0.4 is 20.9 Å². The number of pyridine rings is 2. The lowest BCUT2D eigenvalue weighted by atomic mass is 10.1. The van der Waals surface area contributed by atoms with Gasteiger partial charge in [0.25, 0.3) is 5.56 Å². The van der Waals surface area contributed by atoms with Crippen LogP contribution in [-0.4, -0.2) is 60.1 Å². The van der Waals surface area contributed by atoms with E-state index in [2.05, 4.69) is 14.9 Å². The molecule has 4 rings (SSSR count). The van der Waals surface area contributed by atoms with Gasteiger partial charge in [0.15, 0.2) is 0 Å². The van der Waals surface area contributed by atoms with Crippen molar-refractivity contribution in [3.63, 3.8) is 0 Å². The van der Waals surface area contributed by atoms with Crippen molar-refractivity contribution in [3.05, 3.63) is 53.1 Å². The fourth-order valence-electron chi connectivity index (χ4n) is 4.05. The molecular formula is C23H29N5O3. The summed E-state index contributed by atoms with van der Waals surface area (Å²) >= 11 is 0. The quantitative estimate of drug-likeness (QED) is 0.627. The summed E-state index contributed by atoms with van der Waals surface area (Å²) in [6.07, 6.45) is 9.83. The van der Waals surface area contributed by atoms with Crippen LogP contribution >= 0.6 is 0 Å². The smallest absolute Gasteiger partial charge is 0.271 e. The van der Waals surface area contributed by atoms with Gasteiger partial charge in [0.1, 0.15) is 5.69 Å². The third kappa shape index (κ3) is 4.96. The molecule has 1 aliphatic carbocycles. The number of amides is 1. The zero-order valence-electron chi connectivity index (χ0n) is 17.8. The van der Waals surface area contributed by atoms with E-state index in [9.17, 15) is 9.59 Å². The molecule has 1 saturated carbocycles. The Morgan fingerprint density at radius 1 is 1.35 bits per heavy atom. The number of nitrogens with zero attached hydrogens (tertiary/aromatic N) is 3. The molecule has 1 saturated heterocycles. The van der Waals surface area contributed by atoms with E-state index in [0.29, 0.717) is 37.1 Å². The molecule has 1 unspecified atom stereocenters. The number of likely N-dealkylation sites (tertiary alicyclic amines) is 1. The first-order valence-electron chi connectivity index (χ1n) is 10.7. The van der Waals surface area contributed by atoms with Crippen molar-refractivity contribution in [2.24, 2.45) is 11.7 Å². The summed E-state index contributed by atoms with van der Waals surface area (Å²) in [6.45, 7) is 2.46. The van der Waals surface area contributed by atoms with E-state index in [1.54, 1.807) is 25.6 Å². The van der Waals surface area contributed by atoms with Crippen LogP contribution in [0.1, 0.15) is 19.3 Å². The van der Waals surface area contributed by atoms with Gasteiger partial charge < -0.3 is 25.3 Å². The summed E-state index contributed by atoms with van der Waals surface area (Å²) in [4.78, 5) is 36.3. The largest absolute Gasteiger partial charge is 0.481 e. The molecule has 31 heavy (non-hydrogen) atoms. The van der Waals surface area contributed by atoms with Gasteiger partial charge in [-0.2, -0.15) is 0 Å². The SMILES string of the molecule is COc1cc(-c2c[nH]c(=O)c(N(CC3CC3)C3CCN(C(=O)/C=C/CN)C3)c2)ccn1. The topological polar surface area (TPSA) is 105 Å². The fraction of sp³-hybridized carbons (Fsp3) is 0.435. The highest BCUT2D eigenvalue weighted by Crippen LogP contribution is 2.34. The first-order chi connectivity index (χ1) is 15.1. The summed E-state index contributed by atoms with van der Waals surface area (Å²) < 4.78 is 5.24. The molecule has 8 heteroatoms. The Morgan fingerprint density at radius 2 is 2.19 bits per heavy atom. The molecule has 1 atom stereocenters. The lowest BCUT2D eigenvalue weighted by Crippen LogP contribution is -2.42. The van der Waals surface area contributed by atoms with Crippen molar-refractivity contribution in [1.82, 2.24) is 14.9 Å². The summed E-state index contributed by atoms with van der Waals surface area (Å²) in [6, 6.07) is 5.79. The highest BCUT2D eigenvalue weighted by molar-refractivity contribution is 5.88. The summed E-state index contributed by atoms with van der Waals surface area (Å²) in [5.41, 5.74) is 7.83. The minimum absolute atomic E-state index is 0.0223. The highest BCUT2D eigenvalue weighted by Gasteiger charge is 2.34. The highest BCUT2D eigenvalue weighted by atomic mass is 16.5. The summed E-state index contributed by atoms with van der Waals surface area (Å²) in [5.74, 6) is 1.10. The maximum atomic E-state index is 12.8. The number of nitrogens with two attached hydrogens (primary N) is 1. The Kier molecular flexibility index (Phi) is 6.36. The van der Waals surface area contributed by atoms with Crippen molar-refractivity contribution >= 4 is 11.6 Å². The number of methoxy groups -OCH3 is 1. The normalized spacial score (nSPS) is 18.5. The van der Waals surface area contributed by atoms with E-state index in [-0.39, 0.29) is 17.5 Å². The zero-order chi connectivity index (χ0) is 21.8. The van der Waals surface area contributed by atoms with Crippen molar-refractivity contribution < 1.29 is 9.53 Å². The Balaban J connectivity index is 1.61. The minimum atomic E-state index is -0.113. The molecule has 3 heterocycles. The van der Waals surface area contributed by atoms with Gasteiger partial charge in [0.05, 0.1) is 7.11 Å². The van der Waals surface area contributed by atoms with Crippen LogP contribution in [0.5, 0.6) is 5.88 Å². The van der Waals surface area contributed by atoms with Crippen LogP contribution in [0.4, 0.5) is 5.69 Å². The molecule has 2 aliphatic rings. The van der Waals surface area contributed by atoms with Crippen LogP contribution in [0.3, 0.4) is 0 Å². The van der Waals surface area contributed by atoms with Gasteiger partial charge in [-0.1, -0.05) is 6.08 Å². The minimum Gasteiger partial charge on any atom is -0.481 e.